The Balaban J connectivity index is 0.00000104. The minimum Gasteiger partial charge on any atom is -1.00 e. The van der Waals surface area contributed by atoms with Crippen molar-refractivity contribution in [2.45, 2.75) is 6.42 Å². The maximum absolute atomic E-state index is 6.16. The van der Waals surface area contributed by atoms with Gasteiger partial charge in [0.1, 0.15) is 0 Å². The number of hydrogen-bond donors (Lipinski definition) is 0. The molecule has 0 amide bonds. The van der Waals surface area contributed by atoms with E-state index in [-0.39, 0.29) is 46.5 Å². The molecule has 0 heterocycles. The molecule has 0 aliphatic heterocycles. The van der Waals surface area contributed by atoms with Gasteiger partial charge in [-0.1, -0.05) is 59.1 Å². The fourth-order valence-corrected chi connectivity index (χ4v) is 3.40. The first-order valence-corrected chi connectivity index (χ1v) is 7.61. The zero-order valence-electron chi connectivity index (χ0n) is 13.4. The van der Waals surface area contributed by atoms with Crippen LogP contribution in [0.25, 0.3) is 22.3 Å². The summed E-state index contributed by atoms with van der Waals surface area (Å²) in [6.07, 6.45) is 0.864. The number of fused-ring (bicyclic) bond motifs is 3. The largest absolute Gasteiger partial charge is 3.00 e. The summed E-state index contributed by atoms with van der Waals surface area (Å²) >= 11 is 6.16. The minimum atomic E-state index is 0. The molecule has 25 heavy (non-hydrogen) atoms. The molecule has 1 aliphatic rings. The van der Waals surface area contributed by atoms with Crippen LogP contribution in [0.2, 0.25) is 5.02 Å². The van der Waals surface area contributed by atoms with E-state index in [1.165, 1.54) is 27.8 Å². The van der Waals surface area contributed by atoms with Gasteiger partial charge in [-0.15, -0.1) is 23.3 Å². The van der Waals surface area contributed by atoms with Gasteiger partial charge >= 0.3 is 21.7 Å². The molecule has 0 fully saturated rings. The second kappa shape index (κ2) is 9.12. The second-order valence-electron chi connectivity index (χ2n) is 5.43. The molecule has 0 unspecified atom stereocenters. The molecule has 0 aromatic heterocycles. The molecule has 5 heteroatoms. The van der Waals surface area contributed by atoms with E-state index in [9.17, 15) is 0 Å². The van der Waals surface area contributed by atoms with Crippen LogP contribution in [0, 0.1) is 6.07 Å². The maximum atomic E-state index is 6.16. The third kappa shape index (κ3) is 3.92. The molecule has 1 nitrogen and oxygen atoms in total. The van der Waals surface area contributed by atoms with Crippen molar-refractivity contribution < 1.29 is 51.3 Å². The van der Waals surface area contributed by atoms with Crippen LogP contribution in [-0.2, 0) is 28.1 Å². The molecule has 0 saturated carbocycles. The van der Waals surface area contributed by atoms with E-state index in [1.54, 1.807) is 7.11 Å². The summed E-state index contributed by atoms with van der Waals surface area (Å²) in [5.41, 5.74) is 7.22. The Morgan fingerprint density at radius 2 is 1.76 bits per heavy atom. The van der Waals surface area contributed by atoms with Gasteiger partial charge < -0.3 is 29.6 Å². The molecule has 0 bridgehead atoms. The SMILES string of the molecule is COc1c[c-]c(-c2ccccc2)c2c1-c1ccc(Cl)cc1C2.[Cl-].[Cl-].[Ti+3]. The molecule has 4 rings (SSSR count). The molecule has 1 radical (unpaired) electrons. The summed E-state index contributed by atoms with van der Waals surface area (Å²) in [6.45, 7) is 0. The Morgan fingerprint density at radius 1 is 1.04 bits per heavy atom. The maximum Gasteiger partial charge on any atom is 3.00 e. The van der Waals surface area contributed by atoms with E-state index < -0.39 is 0 Å². The fraction of sp³-hybridized carbons (Fsp3) is 0.100. The quantitative estimate of drug-likeness (QED) is 0.308. The van der Waals surface area contributed by atoms with Crippen LogP contribution in [0.5, 0.6) is 5.75 Å². The molecule has 0 spiro atoms. The van der Waals surface area contributed by atoms with E-state index in [0.29, 0.717) is 0 Å². The third-order valence-electron chi connectivity index (χ3n) is 4.18. The van der Waals surface area contributed by atoms with Crippen LogP contribution in [-0.4, -0.2) is 7.11 Å². The topological polar surface area (TPSA) is 9.23 Å². The average Bonchev–Trinajstić information content (AvgIpc) is 2.93. The smallest absolute Gasteiger partial charge is 1.00 e. The number of rotatable bonds is 2. The molecular formula is C20H14Cl3OTi. The molecule has 0 saturated heterocycles. The molecule has 0 N–H and O–H groups in total. The van der Waals surface area contributed by atoms with Crippen LogP contribution in [0.4, 0.5) is 0 Å². The van der Waals surface area contributed by atoms with Gasteiger partial charge in [0.2, 0.25) is 0 Å². The van der Waals surface area contributed by atoms with Gasteiger partial charge in [0.15, 0.2) is 0 Å². The first-order valence-electron chi connectivity index (χ1n) is 7.23. The van der Waals surface area contributed by atoms with Gasteiger partial charge in [-0.3, -0.25) is 0 Å². The van der Waals surface area contributed by atoms with E-state index in [2.05, 4.69) is 36.4 Å². The molecule has 3 aromatic carbocycles. The van der Waals surface area contributed by atoms with E-state index in [0.717, 1.165) is 22.8 Å². The van der Waals surface area contributed by atoms with Gasteiger partial charge in [-0.2, -0.15) is 0 Å². The van der Waals surface area contributed by atoms with Crippen molar-refractivity contribution in [2.24, 2.45) is 0 Å². The summed E-state index contributed by atoms with van der Waals surface area (Å²) < 4.78 is 5.57. The molecule has 0 atom stereocenters. The van der Waals surface area contributed by atoms with Gasteiger partial charge in [0.05, 0.1) is 7.11 Å². The Morgan fingerprint density at radius 3 is 2.44 bits per heavy atom. The van der Waals surface area contributed by atoms with Crippen LogP contribution in [0.15, 0.2) is 54.6 Å². The number of ether oxygens (including phenoxy) is 1. The molecular weight excluding hydrogens is 410 g/mol. The second-order valence-corrected chi connectivity index (χ2v) is 5.87. The Labute approximate surface area is 180 Å². The first-order chi connectivity index (χ1) is 10.8. The van der Waals surface area contributed by atoms with Crippen LogP contribution in [0.1, 0.15) is 11.1 Å². The number of halogens is 3. The summed E-state index contributed by atoms with van der Waals surface area (Å²) in [4.78, 5) is 0. The van der Waals surface area contributed by atoms with Gasteiger partial charge in [-0.05, 0) is 29.7 Å². The van der Waals surface area contributed by atoms with E-state index in [1.807, 2.05) is 24.3 Å². The normalized spacial score (nSPS) is 10.5. The fourth-order valence-electron chi connectivity index (χ4n) is 3.21. The molecule has 1 aliphatic carbocycles. The average molecular weight is 425 g/mol. The van der Waals surface area contributed by atoms with Crippen molar-refractivity contribution in [1.29, 1.82) is 0 Å². The van der Waals surface area contributed by atoms with Gasteiger partial charge in [0, 0.05) is 10.8 Å². The summed E-state index contributed by atoms with van der Waals surface area (Å²) in [6, 6.07) is 21.8. The van der Waals surface area contributed by atoms with Gasteiger partial charge in [-0.25, -0.2) is 0 Å². The van der Waals surface area contributed by atoms with Crippen LogP contribution >= 0.6 is 11.6 Å². The van der Waals surface area contributed by atoms with Crippen molar-refractivity contribution in [1.82, 2.24) is 0 Å². The summed E-state index contributed by atoms with van der Waals surface area (Å²) in [5.74, 6) is 0.871. The minimum absolute atomic E-state index is 0. The van der Waals surface area contributed by atoms with Gasteiger partial charge in [0.25, 0.3) is 0 Å². The monoisotopic (exact) mass is 423 g/mol. The van der Waals surface area contributed by atoms with Crippen molar-refractivity contribution in [3.8, 4) is 28.0 Å². The number of hydrogen-bond acceptors (Lipinski definition) is 1. The predicted molar refractivity (Wildman–Crippen MR) is 90.5 cm³/mol. The van der Waals surface area contributed by atoms with Crippen LogP contribution in [0.3, 0.4) is 0 Å². The third-order valence-corrected chi connectivity index (χ3v) is 4.42. The zero-order valence-corrected chi connectivity index (χ0v) is 17.3. The number of benzene rings is 3. The van der Waals surface area contributed by atoms with Crippen LogP contribution < -0.4 is 29.6 Å². The zero-order chi connectivity index (χ0) is 15.1. The molecule has 125 valence electrons. The van der Waals surface area contributed by atoms with E-state index >= 15 is 0 Å². The van der Waals surface area contributed by atoms with Crippen molar-refractivity contribution >= 4 is 11.6 Å². The van der Waals surface area contributed by atoms with Crippen molar-refractivity contribution in [3.05, 3.63) is 76.8 Å². The summed E-state index contributed by atoms with van der Waals surface area (Å²) in [7, 11) is 1.71. The standard InChI is InChI=1S/C20H14ClO.2ClH.Ti/c1-22-19-10-9-16(13-5-3-2-4-6-13)18-12-14-11-15(21)7-8-17(14)20(18)19;;;/h2-8,10-11H,12H2,1H3;2*1H;/q-1;;;+3/p-2. The van der Waals surface area contributed by atoms with Crippen molar-refractivity contribution in [2.75, 3.05) is 7.11 Å². The first kappa shape index (κ1) is 22.1. The predicted octanol–water partition coefficient (Wildman–Crippen LogP) is -0.608. The Bertz CT molecular complexity index is 866. The summed E-state index contributed by atoms with van der Waals surface area (Å²) in [5, 5.41) is 0.774. The Hall–Kier alpha value is -0.956. The number of methoxy groups -OCH3 is 1. The van der Waals surface area contributed by atoms with Crippen molar-refractivity contribution in [3.63, 3.8) is 0 Å². The molecule has 3 aromatic rings. The Kier molecular flexibility index (Phi) is 8.06. The van der Waals surface area contributed by atoms with E-state index in [4.69, 9.17) is 16.3 Å².